The first kappa shape index (κ1) is 18.5. The number of nitrogens with zero attached hydrogens (tertiary/aromatic N) is 1. The van der Waals surface area contributed by atoms with Crippen LogP contribution in [0.15, 0.2) is 54.2 Å². The maximum atomic E-state index is 12.1. The summed E-state index contributed by atoms with van der Waals surface area (Å²) in [6.45, 7) is -0.365. The number of urea groups is 1. The number of halogens is 1. The Hall–Kier alpha value is -3.32. The number of imide groups is 1. The molecule has 0 aromatic heterocycles. The van der Waals surface area contributed by atoms with Crippen molar-refractivity contribution in [2.24, 2.45) is 0 Å². The van der Waals surface area contributed by atoms with Crippen molar-refractivity contribution in [1.29, 1.82) is 0 Å². The monoisotopic (exact) mass is 386 g/mol. The number of benzene rings is 2. The number of amides is 3. The molecule has 1 heterocycles. The summed E-state index contributed by atoms with van der Waals surface area (Å²) in [6, 6.07) is 13.5. The second kappa shape index (κ2) is 7.92. The molecule has 0 aliphatic carbocycles. The molecular formula is C19H15ClN2O5. The lowest BCUT2D eigenvalue weighted by Gasteiger charge is -2.08. The maximum Gasteiger partial charge on any atom is 0.329 e. The first-order valence-electron chi connectivity index (χ1n) is 7.96. The molecule has 2 aromatic carbocycles. The summed E-state index contributed by atoms with van der Waals surface area (Å²) >= 11 is 6.08. The highest BCUT2D eigenvalue weighted by Gasteiger charge is 2.34. The van der Waals surface area contributed by atoms with Gasteiger partial charge in [0.1, 0.15) is 24.6 Å². The van der Waals surface area contributed by atoms with Gasteiger partial charge in [-0.2, -0.15) is 0 Å². The number of carboxylic acid groups (broad SMARTS) is 1. The molecular weight excluding hydrogens is 372 g/mol. The fourth-order valence-corrected chi connectivity index (χ4v) is 2.64. The van der Waals surface area contributed by atoms with Gasteiger partial charge in [0.25, 0.3) is 5.91 Å². The van der Waals surface area contributed by atoms with E-state index < -0.39 is 24.5 Å². The summed E-state index contributed by atoms with van der Waals surface area (Å²) in [4.78, 5) is 35.1. The highest BCUT2D eigenvalue weighted by molar-refractivity contribution is 6.31. The van der Waals surface area contributed by atoms with Crippen molar-refractivity contribution < 1.29 is 24.2 Å². The quantitative estimate of drug-likeness (QED) is 0.588. The molecule has 2 aromatic rings. The minimum atomic E-state index is -1.26. The number of hydrogen-bond donors (Lipinski definition) is 2. The van der Waals surface area contributed by atoms with E-state index in [-0.39, 0.29) is 5.70 Å². The van der Waals surface area contributed by atoms with Gasteiger partial charge in [-0.25, -0.2) is 9.69 Å². The van der Waals surface area contributed by atoms with E-state index in [1.54, 1.807) is 30.3 Å². The van der Waals surface area contributed by atoms with Gasteiger partial charge in [0.15, 0.2) is 0 Å². The van der Waals surface area contributed by atoms with E-state index >= 15 is 0 Å². The topological polar surface area (TPSA) is 95.9 Å². The molecule has 0 atom stereocenters. The smallest absolute Gasteiger partial charge is 0.329 e. The Morgan fingerprint density at radius 1 is 1.15 bits per heavy atom. The molecule has 1 saturated heterocycles. The lowest BCUT2D eigenvalue weighted by molar-refractivity contribution is -0.140. The number of carbonyl (C=O) groups excluding carboxylic acids is 2. The van der Waals surface area contributed by atoms with Crippen LogP contribution in [0.2, 0.25) is 5.02 Å². The Bertz CT molecular complexity index is 924. The predicted octanol–water partition coefficient (Wildman–Crippen LogP) is 2.90. The zero-order valence-electron chi connectivity index (χ0n) is 14.0. The molecule has 1 aliphatic rings. The fourth-order valence-electron chi connectivity index (χ4n) is 2.45. The fraction of sp³-hybridized carbons (Fsp3) is 0.105. The zero-order chi connectivity index (χ0) is 19.4. The third-order valence-electron chi connectivity index (χ3n) is 3.80. The molecule has 0 spiro atoms. The molecule has 3 rings (SSSR count). The number of hydrogen-bond acceptors (Lipinski definition) is 4. The SMILES string of the molecule is O=C(O)CN1C(=O)N/C(=C/c2ccc(OCc3ccccc3Cl)cc2)C1=O. The van der Waals surface area contributed by atoms with Crippen LogP contribution in [0, 0.1) is 0 Å². The lowest BCUT2D eigenvalue weighted by atomic mass is 10.2. The van der Waals surface area contributed by atoms with Gasteiger partial charge in [-0.05, 0) is 29.8 Å². The van der Waals surface area contributed by atoms with Gasteiger partial charge in [-0.3, -0.25) is 9.59 Å². The Kier molecular flexibility index (Phi) is 5.42. The van der Waals surface area contributed by atoms with E-state index in [1.807, 2.05) is 18.2 Å². The summed E-state index contributed by atoms with van der Waals surface area (Å²) in [5, 5.41) is 11.7. The summed E-state index contributed by atoms with van der Waals surface area (Å²) < 4.78 is 5.68. The Labute approximate surface area is 159 Å². The molecule has 3 amide bonds. The van der Waals surface area contributed by atoms with Crippen LogP contribution < -0.4 is 10.1 Å². The molecule has 1 fully saturated rings. The van der Waals surface area contributed by atoms with Crippen molar-refractivity contribution in [1.82, 2.24) is 10.2 Å². The average molecular weight is 387 g/mol. The minimum absolute atomic E-state index is 0.0194. The van der Waals surface area contributed by atoms with Crippen molar-refractivity contribution >= 4 is 35.6 Å². The highest BCUT2D eigenvalue weighted by atomic mass is 35.5. The molecule has 138 valence electrons. The van der Waals surface area contributed by atoms with E-state index in [0.717, 1.165) is 5.56 Å². The van der Waals surface area contributed by atoms with Crippen molar-refractivity contribution in [3.8, 4) is 5.75 Å². The van der Waals surface area contributed by atoms with E-state index in [2.05, 4.69) is 5.32 Å². The zero-order valence-corrected chi connectivity index (χ0v) is 14.8. The predicted molar refractivity (Wildman–Crippen MR) is 98.1 cm³/mol. The summed E-state index contributed by atoms with van der Waals surface area (Å²) in [7, 11) is 0. The number of nitrogens with one attached hydrogen (secondary N) is 1. The first-order valence-corrected chi connectivity index (χ1v) is 8.34. The van der Waals surface area contributed by atoms with Crippen LogP contribution in [-0.2, 0) is 16.2 Å². The number of aliphatic carboxylic acids is 1. The number of rotatable bonds is 6. The standard InChI is InChI=1S/C19H15ClN2O5/c20-15-4-2-1-3-13(15)11-27-14-7-5-12(6-8-14)9-16-18(25)22(10-17(23)24)19(26)21-16/h1-9H,10-11H2,(H,21,26)(H,23,24)/b16-9+. The molecule has 2 N–H and O–H groups in total. The Morgan fingerprint density at radius 2 is 1.85 bits per heavy atom. The normalized spacial score (nSPS) is 15.1. The Balaban J connectivity index is 1.66. The molecule has 0 radical (unpaired) electrons. The summed E-state index contributed by atoms with van der Waals surface area (Å²) in [6.07, 6.45) is 1.47. The van der Waals surface area contributed by atoms with Crippen LogP contribution in [0.5, 0.6) is 5.75 Å². The number of carboxylic acids is 1. The van der Waals surface area contributed by atoms with Crippen LogP contribution >= 0.6 is 11.6 Å². The minimum Gasteiger partial charge on any atom is -0.489 e. The Morgan fingerprint density at radius 3 is 2.52 bits per heavy atom. The first-order chi connectivity index (χ1) is 12.9. The van der Waals surface area contributed by atoms with E-state index in [9.17, 15) is 14.4 Å². The second-order valence-corrected chi connectivity index (χ2v) is 6.13. The van der Waals surface area contributed by atoms with Crippen LogP contribution in [0.25, 0.3) is 6.08 Å². The number of carbonyl (C=O) groups is 3. The van der Waals surface area contributed by atoms with Crippen molar-refractivity contribution in [2.75, 3.05) is 6.54 Å². The highest BCUT2D eigenvalue weighted by Crippen LogP contribution is 2.20. The van der Waals surface area contributed by atoms with Gasteiger partial charge in [0.05, 0.1) is 0 Å². The lowest BCUT2D eigenvalue weighted by Crippen LogP contribution is -2.35. The molecule has 27 heavy (non-hydrogen) atoms. The van der Waals surface area contributed by atoms with Crippen LogP contribution in [0.1, 0.15) is 11.1 Å². The largest absolute Gasteiger partial charge is 0.489 e. The van der Waals surface area contributed by atoms with Crippen molar-refractivity contribution in [3.05, 3.63) is 70.4 Å². The number of ether oxygens (including phenoxy) is 1. The van der Waals surface area contributed by atoms with Crippen LogP contribution in [-0.4, -0.2) is 34.5 Å². The average Bonchev–Trinajstić information content (AvgIpc) is 2.89. The molecule has 0 unspecified atom stereocenters. The van der Waals surface area contributed by atoms with E-state index in [0.29, 0.717) is 27.8 Å². The van der Waals surface area contributed by atoms with Gasteiger partial charge in [-0.15, -0.1) is 0 Å². The molecule has 7 nitrogen and oxygen atoms in total. The van der Waals surface area contributed by atoms with Gasteiger partial charge in [-0.1, -0.05) is 41.9 Å². The summed E-state index contributed by atoms with van der Waals surface area (Å²) in [5.41, 5.74) is 1.54. The van der Waals surface area contributed by atoms with E-state index in [4.69, 9.17) is 21.4 Å². The van der Waals surface area contributed by atoms with Crippen molar-refractivity contribution in [3.63, 3.8) is 0 Å². The van der Waals surface area contributed by atoms with Gasteiger partial charge in [0, 0.05) is 10.6 Å². The third kappa shape index (κ3) is 4.45. The van der Waals surface area contributed by atoms with Crippen LogP contribution in [0.3, 0.4) is 0 Å². The van der Waals surface area contributed by atoms with Gasteiger partial charge in [0.2, 0.25) is 0 Å². The van der Waals surface area contributed by atoms with Crippen molar-refractivity contribution in [2.45, 2.75) is 6.61 Å². The van der Waals surface area contributed by atoms with Crippen LogP contribution in [0.4, 0.5) is 4.79 Å². The van der Waals surface area contributed by atoms with E-state index in [1.165, 1.54) is 6.08 Å². The maximum absolute atomic E-state index is 12.1. The van der Waals surface area contributed by atoms with Gasteiger partial charge < -0.3 is 15.2 Å². The van der Waals surface area contributed by atoms with Gasteiger partial charge >= 0.3 is 12.0 Å². The molecule has 0 bridgehead atoms. The molecule has 8 heteroatoms. The molecule has 0 saturated carbocycles. The third-order valence-corrected chi connectivity index (χ3v) is 4.17. The second-order valence-electron chi connectivity index (χ2n) is 5.72. The summed E-state index contributed by atoms with van der Waals surface area (Å²) in [5.74, 6) is -1.33. The molecule has 1 aliphatic heterocycles.